The zero-order chi connectivity index (χ0) is 15.4. The van der Waals surface area contributed by atoms with E-state index in [0.29, 0.717) is 5.92 Å². The van der Waals surface area contributed by atoms with Crippen molar-refractivity contribution in [2.75, 3.05) is 0 Å². The van der Waals surface area contributed by atoms with Crippen molar-refractivity contribution in [3.8, 4) is 0 Å². The van der Waals surface area contributed by atoms with E-state index in [1.54, 1.807) is 0 Å². The molecule has 2 aromatic carbocycles. The Bertz CT molecular complexity index is 1040. The van der Waals surface area contributed by atoms with Gasteiger partial charge in [0.1, 0.15) is 0 Å². The van der Waals surface area contributed by atoms with Crippen molar-refractivity contribution in [2.45, 2.75) is 13.3 Å². The van der Waals surface area contributed by atoms with Crippen molar-refractivity contribution in [3.63, 3.8) is 0 Å². The number of hydrogen-bond acceptors (Lipinski definition) is 0. The molecule has 0 heterocycles. The Labute approximate surface area is 136 Å². The molecule has 0 spiro atoms. The maximum Gasteiger partial charge on any atom is 0.000235 e. The fourth-order valence-electron chi connectivity index (χ4n) is 4.19. The van der Waals surface area contributed by atoms with Gasteiger partial charge >= 0.3 is 0 Å². The zero-order valence-electron chi connectivity index (χ0n) is 13.2. The monoisotopic (exact) mass is 294 g/mol. The molecule has 110 valence electrons. The third-order valence-electron chi connectivity index (χ3n) is 5.26. The molecule has 0 heteroatoms. The average Bonchev–Trinajstić information content (AvgIpc) is 2.59. The Morgan fingerprint density at radius 1 is 0.870 bits per heavy atom. The Kier molecular flexibility index (Phi) is 2.63. The van der Waals surface area contributed by atoms with Crippen LogP contribution in [0.2, 0.25) is 0 Å². The van der Waals surface area contributed by atoms with E-state index in [9.17, 15) is 0 Å². The molecule has 0 saturated carbocycles. The molecule has 0 radical (unpaired) electrons. The smallest absolute Gasteiger partial charge is 0.000235 e. The van der Waals surface area contributed by atoms with E-state index in [2.05, 4.69) is 79.8 Å². The van der Waals surface area contributed by atoms with Crippen LogP contribution in [0.25, 0.3) is 22.8 Å². The zero-order valence-corrected chi connectivity index (χ0v) is 13.2. The van der Waals surface area contributed by atoms with Crippen molar-refractivity contribution >= 4 is 22.8 Å². The first-order chi connectivity index (χ1) is 11.3. The van der Waals surface area contributed by atoms with Gasteiger partial charge in [0, 0.05) is 5.92 Å². The summed E-state index contributed by atoms with van der Waals surface area (Å²) >= 11 is 0. The molecular formula is C23H18. The van der Waals surface area contributed by atoms with Gasteiger partial charge in [-0.1, -0.05) is 79.8 Å². The van der Waals surface area contributed by atoms with Gasteiger partial charge in [-0.3, -0.25) is 0 Å². The van der Waals surface area contributed by atoms with Gasteiger partial charge in [-0.05, 0) is 50.3 Å². The van der Waals surface area contributed by atoms with Crippen LogP contribution in [0.1, 0.15) is 24.5 Å². The summed E-state index contributed by atoms with van der Waals surface area (Å²) in [7, 11) is 0. The molecule has 0 amide bonds. The van der Waals surface area contributed by atoms with E-state index in [1.165, 1.54) is 43.9 Å². The predicted molar refractivity (Wildman–Crippen MR) is 97.8 cm³/mol. The molecule has 0 fully saturated rings. The summed E-state index contributed by atoms with van der Waals surface area (Å²) in [6.07, 6.45) is 10.3. The average molecular weight is 294 g/mol. The van der Waals surface area contributed by atoms with Crippen LogP contribution in [0.3, 0.4) is 0 Å². The fourth-order valence-corrected chi connectivity index (χ4v) is 4.19. The number of fused-ring (bicyclic) bond motifs is 3. The van der Waals surface area contributed by atoms with Gasteiger partial charge in [-0.2, -0.15) is 0 Å². The first-order valence-electron chi connectivity index (χ1n) is 8.36. The van der Waals surface area contributed by atoms with Gasteiger partial charge in [0.2, 0.25) is 0 Å². The minimum absolute atomic E-state index is 0.469. The lowest BCUT2D eigenvalue weighted by molar-refractivity contribution is 0.885. The lowest BCUT2D eigenvalue weighted by Gasteiger charge is -2.31. The molecule has 0 nitrogen and oxygen atoms in total. The summed E-state index contributed by atoms with van der Waals surface area (Å²) in [5, 5.41) is 2.83. The van der Waals surface area contributed by atoms with Crippen LogP contribution in [0.15, 0.2) is 72.3 Å². The molecule has 2 aromatic rings. The van der Waals surface area contributed by atoms with E-state index in [4.69, 9.17) is 0 Å². The Morgan fingerprint density at radius 2 is 1.65 bits per heavy atom. The molecule has 3 aliphatic rings. The van der Waals surface area contributed by atoms with Gasteiger partial charge in [-0.25, -0.2) is 0 Å². The summed E-state index contributed by atoms with van der Waals surface area (Å²) in [6.45, 7) is 2.32. The van der Waals surface area contributed by atoms with Crippen LogP contribution in [0.4, 0.5) is 0 Å². The Hall–Kier alpha value is -2.60. The quantitative estimate of drug-likeness (QED) is 0.687. The third-order valence-corrected chi connectivity index (χ3v) is 5.26. The second-order valence-electron chi connectivity index (χ2n) is 6.57. The molecule has 0 saturated heterocycles. The van der Waals surface area contributed by atoms with E-state index in [1.807, 2.05) is 0 Å². The first kappa shape index (κ1) is 12.9. The Balaban J connectivity index is 1.85. The van der Waals surface area contributed by atoms with E-state index in [-0.39, 0.29) is 0 Å². The number of rotatable bonds is 0. The molecule has 0 N–H and O–H groups in total. The molecule has 1 unspecified atom stereocenters. The summed E-state index contributed by atoms with van der Waals surface area (Å²) in [5.41, 5.74) is 8.69. The van der Waals surface area contributed by atoms with Crippen molar-refractivity contribution in [1.29, 1.82) is 0 Å². The molecule has 0 aromatic heterocycles. The van der Waals surface area contributed by atoms with Crippen molar-refractivity contribution in [3.05, 3.63) is 93.9 Å². The van der Waals surface area contributed by atoms with Gasteiger partial charge < -0.3 is 0 Å². The summed E-state index contributed by atoms with van der Waals surface area (Å²) < 4.78 is 0. The minimum Gasteiger partial charge on any atom is -0.0795 e. The maximum absolute atomic E-state index is 2.36. The number of allylic oxidation sites excluding steroid dienone is 5. The highest BCUT2D eigenvalue weighted by atomic mass is 14.3. The number of hydrogen-bond donors (Lipinski definition) is 0. The summed E-state index contributed by atoms with van der Waals surface area (Å²) in [6, 6.07) is 17.6. The van der Waals surface area contributed by atoms with Crippen molar-refractivity contribution in [2.24, 2.45) is 5.92 Å². The number of benzene rings is 2. The van der Waals surface area contributed by atoms with Crippen molar-refractivity contribution in [1.82, 2.24) is 0 Å². The van der Waals surface area contributed by atoms with Crippen LogP contribution >= 0.6 is 0 Å². The van der Waals surface area contributed by atoms with Crippen LogP contribution in [0, 0.1) is 5.92 Å². The lowest BCUT2D eigenvalue weighted by Crippen LogP contribution is -2.40. The molecule has 0 bridgehead atoms. The Morgan fingerprint density at radius 3 is 2.57 bits per heavy atom. The second kappa shape index (κ2) is 4.70. The second-order valence-corrected chi connectivity index (χ2v) is 6.57. The topological polar surface area (TPSA) is 0 Å². The highest BCUT2D eigenvalue weighted by molar-refractivity contribution is 6.11. The highest BCUT2D eigenvalue weighted by Gasteiger charge is 2.28. The van der Waals surface area contributed by atoms with Gasteiger partial charge in [0.05, 0.1) is 0 Å². The summed E-state index contributed by atoms with van der Waals surface area (Å²) in [4.78, 5) is 0. The van der Waals surface area contributed by atoms with E-state index >= 15 is 0 Å². The molecule has 3 aliphatic carbocycles. The van der Waals surface area contributed by atoms with Crippen LogP contribution in [-0.2, 0) is 0 Å². The molecule has 5 rings (SSSR count). The van der Waals surface area contributed by atoms with E-state index in [0.717, 1.165) is 6.42 Å². The molecule has 23 heavy (non-hydrogen) atoms. The van der Waals surface area contributed by atoms with Crippen LogP contribution < -0.4 is 10.4 Å². The summed E-state index contributed by atoms with van der Waals surface area (Å²) in [5.74, 6) is 0.469. The highest BCUT2D eigenvalue weighted by Crippen LogP contribution is 2.43. The fraction of sp³-hybridized carbons (Fsp3) is 0.130. The van der Waals surface area contributed by atoms with Crippen LogP contribution in [0.5, 0.6) is 0 Å². The molecule has 0 aliphatic heterocycles. The first-order valence-corrected chi connectivity index (χ1v) is 8.36. The lowest BCUT2D eigenvalue weighted by atomic mass is 9.72. The SMILES string of the molecule is CC1C=CC2=c3ccccc3=C2C1=C1CC=Cc2ccccc21. The van der Waals surface area contributed by atoms with Gasteiger partial charge in [0.15, 0.2) is 0 Å². The predicted octanol–water partition coefficient (Wildman–Crippen LogP) is 4.08. The van der Waals surface area contributed by atoms with E-state index < -0.39 is 0 Å². The van der Waals surface area contributed by atoms with Crippen LogP contribution in [-0.4, -0.2) is 0 Å². The third kappa shape index (κ3) is 1.72. The maximum atomic E-state index is 2.36. The minimum atomic E-state index is 0.469. The largest absolute Gasteiger partial charge is 0.0795 e. The normalized spacial score (nSPS) is 24.0. The molecular weight excluding hydrogens is 276 g/mol. The van der Waals surface area contributed by atoms with Gasteiger partial charge in [-0.15, -0.1) is 0 Å². The van der Waals surface area contributed by atoms with Crippen molar-refractivity contribution < 1.29 is 0 Å². The molecule has 1 atom stereocenters. The van der Waals surface area contributed by atoms with Gasteiger partial charge in [0.25, 0.3) is 0 Å². The standard InChI is InChI=1S/C23H18/c1-15-13-14-21-18-10-4-5-11-20(18)23(21)22(15)19-12-6-8-16-7-2-3-9-17(16)19/h2-11,13-15H,12H2,1H3.